The number of amides is 2. The lowest BCUT2D eigenvalue weighted by molar-refractivity contribution is -0.137. The number of imide groups is 1. The zero-order valence-corrected chi connectivity index (χ0v) is 20.3. The Morgan fingerprint density at radius 2 is 1.59 bits per heavy atom. The minimum atomic E-state index is -0.179. The molecule has 34 heavy (non-hydrogen) atoms. The maximum atomic E-state index is 13.7. The fraction of sp³-hybridized carbons (Fsp3) is 0.357. The van der Waals surface area contributed by atoms with Crippen LogP contribution in [0.3, 0.4) is 0 Å². The zero-order valence-electron chi connectivity index (χ0n) is 20.3. The highest BCUT2D eigenvalue weighted by atomic mass is 16.2. The van der Waals surface area contributed by atoms with Gasteiger partial charge in [0.05, 0.1) is 5.57 Å². The Morgan fingerprint density at radius 1 is 0.882 bits per heavy atom. The molecule has 0 N–H and O–H groups in total. The van der Waals surface area contributed by atoms with Crippen molar-refractivity contribution in [2.75, 3.05) is 39.3 Å². The van der Waals surface area contributed by atoms with Gasteiger partial charge in [0, 0.05) is 56.9 Å². The lowest BCUT2D eigenvalue weighted by Gasteiger charge is -2.36. The second-order valence-corrected chi connectivity index (χ2v) is 9.31. The van der Waals surface area contributed by atoms with Crippen molar-refractivity contribution in [2.45, 2.75) is 20.3 Å². The van der Waals surface area contributed by atoms with Crippen molar-refractivity contribution in [3.8, 4) is 0 Å². The van der Waals surface area contributed by atoms with Crippen LogP contribution in [0, 0.1) is 6.92 Å². The van der Waals surface area contributed by atoms with Gasteiger partial charge < -0.3 is 14.4 Å². The first-order valence-corrected chi connectivity index (χ1v) is 12.2. The van der Waals surface area contributed by atoms with Crippen LogP contribution in [0.15, 0.2) is 60.4 Å². The van der Waals surface area contributed by atoms with E-state index in [-0.39, 0.29) is 11.8 Å². The summed E-state index contributed by atoms with van der Waals surface area (Å²) >= 11 is 0. The van der Waals surface area contributed by atoms with Gasteiger partial charge in [-0.2, -0.15) is 0 Å². The van der Waals surface area contributed by atoms with Crippen LogP contribution < -0.4 is 0 Å². The molecule has 0 atom stereocenters. The van der Waals surface area contributed by atoms with Gasteiger partial charge in [-0.05, 0) is 37.1 Å². The van der Waals surface area contributed by atoms with Crippen molar-refractivity contribution < 1.29 is 9.59 Å². The number of hydrogen-bond donors (Lipinski definition) is 0. The molecule has 3 aromatic rings. The molecule has 3 heterocycles. The molecule has 0 saturated carbocycles. The second-order valence-electron chi connectivity index (χ2n) is 9.31. The molecule has 6 heteroatoms. The molecule has 0 radical (unpaired) electrons. The summed E-state index contributed by atoms with van der Waals surface area (Å²) in [5.41, 5.74) is 5.39. The molecule has 2 amide bonds. The summed E-state index contributed by atoms with van der Waals surface area (Å²) in [6.07, 6.45) is 2.74. The highest BCUT2D eigenvalue weighted by Gasteiger charge is 2.41. The molecule has 5 rings (SSSR count). The van der Waals surface area contributed by atoms with E-state index in [2.05, 4.69) is 39.6 Å². The molecule has 0 spiro atoms. The quantitative estimate of drug-likeness (QED) is 0.533. The Balaban J connectivity index is 1.44. The van der Waals surface area contributed by atoms with Gasteiger partial charge in [-0.15, -0.1) is 0 Å². The van der Waals surface area contributed by atoms with Crippen molar-refractivity contribution in [3.63, 3.8) is 0 Å². The van der Waals surface area contributed by atoms with Crippen LogP contribution in [0.5, 0.6) is 0 Å². The van der Waals surface area contributed by atoms with E-state index in [0.29, 0.717) is 24.2 Å². The fourth-order valence-electron chi connectivity index (χ4n) is 5.18. The largest absolute Gasteiger partial charge is 0.364 e. The molecule has 0 bridgehead atoms. The molecule has 0 unspecified atom stereocenters. The minimum absolute atomic E-state index is 0.161. The summed E-state index contributed by atoms with van der Waals surface area (Å²) in [6, 6.07) is 16.2. The minimum Gasteiger partial charge on any atom is -0.364 e. The van der Waals surface area contributed by atoms with Crippen molar-refractivity contribution in [1.29, 1.82) is 0 Å². The first-order chi connectivity index (χ1) is 16.5. The Hall–Kier alpha value is -3.38. The topological polar surface area (TPSA) is 48.8 Å². The first kappa shape index (κ1) is 22.4. The summed E-state index contributed by atoms with van der Waals surface area (Å²) in [7, 11) is 2.03. The number of carbonyl (C=O) groups is 2. The number of carbonyl (C=O) groups excluding carboxylic acids is 2. The predicted octanol–water partition coefficient (Wildman–Crippen LogP) is 3.45. The smallest absolute Gasteiger partial charge is 0.277 e. The SMILES string of the molecule is CCN1CCN(C2=C(c3ccc(C)cc3)C(=O)N(CCc3cn(C)c4ccccc34)C2=O)CC1. The molecule has 2 aliphatic rings. The molecule has 0 aliphatic carbocycles. The van der Waals surface area contributed by atoms with Gasteiger partial charge in [0.2, 0.25) is 0 Å². The van der Waals surface area contributed by atoms with Crippen LogP contribution >= 0.6 is 0 Å². The molecule has 6 nitrogen and oxygen atoms in total. The van der Waals surface area contributed by atoms with Gasteiger partial charge in [0.25, 0.3) is 11.8 Å². The molecular formula is C28H32N4O2. The van der Waals surface area contributed by atoms with Crippen LogP contribution in [-0.4, -0.2) is 70.3 Å². The van der Waals surface area contributed by atoms with Crippen LogP contribution in [0.4, 0.5) is 0 Å². The molecule has 1 fully saturated rings. The van der Waals surface area contributed by atoms with E-state index in [0.717, 1.165) is 54.9 Å². The number of nitrogens with zero attached hydrogens (tertiary/aromatic N) is 4. The Bertz CT molecular complexity index is 1260. The number of fused-ring (bicyclic) bond motifs is 1. The average Bonchev–Trinajstić information content (AvgIpc) is 3.31. The van der Waals surface area contributed by atoms with Crippen LogP contribution in [-0.2, 0) is 23.1 Å². The normalized spacial score (nSPS) is 17.5. The summed E-state index contributed by atoms with van der Waals surface area (Å²) in [5, 5.41) is 1.17. The van der Waals surface area contributed by atoms with Gasteiger partial charge in [0.1, 0.15) is 5.70 Å². The lowest BCUT2D eigenvalue weighted by atomic mass is 10.0. The van der Waals surface area contributed by atoms with E-state index in [9.17, 15) is 9.59 Å². The number of piperazine rings is 1. The third kappa shape index (κ3) is 3.92. The molecule has 2 aromatic carbocycles. The number of rotatable bonds is 6. The maximum Gasteiger partial charge on any atom is 0.277 e. The average molecular weight is 457 g/mol. The van der Waals surface area contributed by atoms with Crippen LogP contribution in [0.2, 0.25) is 0 Å². The summed E-state index contributed by atoms with van der Waals surface area (Å²) in [6.45, 7) is 8.88. The van der Waals surface area contributed by atoms with E-state index in [1.165, 1.54) is 10.3 Å². The first-order valence-electron chi connectivity index (χ1n) is 12.2. The van der Waals surface area contributed by atoms with Gasteiger partial charge >= 0.3 is 0 Å². The van der Waals surface area contributed by atoms with Crippen LogP contribution in [0.25, 0.3) is 16.5 Å². The predicted molar refractivity (Wildman–Crippen MR) is 135 cm³/mol. The van der Waals surface area contributed by atoms with Crippen molar-refractivity contribution in [1.82, 2.24) is 19.3 Å². The van der Waals surface area contributed by atoms with Crippen molar-refractivity contribution >= 4 is 28.3 Å². The Kier molecular flexibility index (Phi) is 6.00. The van der Waals surface area contributed by atoms with Crippen molar-refractivity contribution in [2.24, 2.45) is 7.05 Å². The van der Waals surface area contributed by atoms with Crippen molar-refractivity contribution in [3.05, 3.63) is 77.1 Å². The molecular weight excluding hydrogens is 424 g/mol. The Labute approximate surface area is 201 Å². The highest BCUT2D eigenvalue weighted by Crippen LogP contribution is 2.33. The number of benzene rings is 2. The third-order valence-electron chi connectivity index (χ3n) is 7.20. The van der Waals surface area contributed by atoms with E-state index in [1.807, 2.05) is 50.4 Å². The molecule has 1 saturated heterocycles. The number of para-hydroxylation sites is 1. The number of hydrogen-bond acceptors (Lipinski definition) is 4. The summed E-state index contributed by atoms with van der Waals surface area (Å²) in [5.74, 6) is -0.340. The number of likely N-dealkylation sites (N-methyl/N-ethyl adjacent to an activating group) is 1. The fourth-order valence-corrected chi connectivity index (χ4v) is 5.18. The standard InChI is InChI=1S/C28H32N4O2/c1-4-30-15-17-31(18-16-30)26-25(21-11-9-20(2)10-12-21)27(33)32(28(26)34)14-13-22-19-29(3)24-8-6-5-7-23(22)24/h5-12,19H,4,13-18H2,1-3H3. The molecule has 2 aliphatic heterocycles. The third-order valence-corrected chi connectivity index (χ3v) is 7.20. The number of aryl methyl sites for hydroxylation is 2. The van der Waals surface area contributed by atoms with Crippen LogP contribution in [0.1, 0.15) is 23.6 Å². The highest BCUT2D eigenvalue weighted by molar-refractivity contribution is 6.35. The second kappa shape index (κ2) is 9.11. The number of aromatic nitrogens is 1. The van der Waals surface area contributed by atoms with E-state index in [4.69, 9.17) is 0 Å². The van der Waals surface area contributed by atoms with E-state index in [1.54, 1.807) is 0 Å². The zero-order chi connectivity index (χ0) is 23.8. The van der Waals surface area contributed by atoms with Gasteiger partial charge in [-0.3, -0.25) is 14.5 Å². The lowest BCUT2D eigenvalue weighted by Crippen LogP contribution is -2.47. The van der Waals surface area contributed by atoms with Gasteiger partial charge in [-0.25, -0.2) is 0 Å². The Morgan fingerprint density at radius 3 is 2.29 bits per heavy atom. The van der Waals surface area contributed by atoms with E-state index >= 15 is 0 Å². The maximum absolute atomic E-state index is 13.7. The van der Waals surface area contributed by atoms with Gasteiger partial charge in [0.15, 0.2) is 0 Å². The monoisotopic (exact) mass is 456 g/mol. The van der Waals surface area contributed by atoms with Gasteiger partial charge in [-0.1, -0.05) is 55.0 Å². The van der Waals surface area contributed by atoms with E-state index < -0.39 is 0 Å². The molecule has 1 aromatic heterocycles. The summed E-state index contributed by atoms with van der Waals surface area (Å²) < 4.78 is 2.10. The summed E-state index contributed by atoms with van der Waals surface area (Å²) in [4.78, 5) is 33.3. The molecule has 176 valence electrons.